The molecule has 0 radical (unpaired) electrons. The Morgan fingerprint density at radius 3 is 2.14 bits per heavy atom. The molecule has 49 heavy (non-hydrogen) atoms. The molecule has 4 rings (SSSR count). The first kappa shape index (κ1) is 40.2. The van der Waals surface area contributed by atoms with Crippen LogP contribution in [0.5, 0.6) is 0 Å². The first-order valence-corrected chi connectivity index (χ1v) is 18.6. The Labute approximate surface area is 295 Å². The van der Waals surface area contributed by atoms with Gasteiger partial charge in [0.2, 0.25) is 0 Å². The third kappa shape index (κ3) is 7.95. The van der Waals surface area contributed by atoms with E-state index in [1.54, 1.807) is 0 Å². The number of allylic oxidation sites excluding steroid dienone is 1. The van der Waals surface area contributed by atoms with Crippen molar-refractivity contribution in [2.45, 2.75) is 177 Å². The number of fused-ring (bicyclic) bond motifs is 2. The van der Waals surface area contributed by atoms with Crippen LogP contribution in [-0.2, 0) is 38.0 Å². The normalized spacial score (nSPS) is 44.9. The highest BCUT2D eigenvalue weighted by Gasteiger charge is 2.55. The number of Topliss-reactive ketones (excluding diaryl/α,β-unsaturated/α-hetero) is 1. The van der Waals surface area contributed by atoms with Crippen LogP contribution >= 0.6 is 0 Å². The molecule has 0 aliphatic carbocycles. The Bertz CT molecular complexity index is 1230. The van der Waals surface area contributed by atoms with Gasteiger partial charge in [0.25, 0.3) is 0 Å². The molecule has 0 saturated carbocycles. The second kappa shape index (κ2) is 14.8. The van der Waals surface area contributed by atoms with Gasteiger partial charge in [0, 0.05) is 30.7 Å². The summed E-state index contributed by atoms with van der Waals surface area (Å²) in [5.41, 5.74) is -1.32. The van der Waals surface area contributed by atoms with Crippen LogP contribution in [0, 0.1) is 34.5 Å². The Kier molecular flexibility index (Phi) is 12.2. The van der Waals surface area contributed by atoms with Crippen LogP contribution in [0.15, 0.2) is 11.3 Å². The highest BCUT2D eigenvalue weighted by Crippen LogP contribution is 2.48. The molecule has 4 heterocycles. The van der Waals surface area contributed by atoms with Gasteiger partial charge in [-0.25, -0.2) is 0 Å². The van der Waals surface area contributed by atoms with Gasteiger partial charge in [0.05, 0.1) is 41.7 Å². The van der Waals surface area contributed by atoms with Crippen LogP contribution in [0.4, 0.5) is 0 Å². The summed E-state index contributed by atoms with van der Waals surface area (Å²) in [4.78, 5) is 30.7. The molecule has 0 amide bonds. The Balaban J connectivity index is 1.84. The lowest BCUT2D eigenvalue weighted by Crippen LogP contribution is -2.57. The smallest absolute Gasteiger partial charge is 0.311 e. The van der Waals surface area contributed by atoms with E-state index in [1.165, 1.54) is 0 Å². The summed E-state index contributed by atoms with van der Waals surface area (Å²) in [6.45, 7) is 25.6. The number of rotatable bonds is 6. The number of aliphatic hydroxyl groups is 1. The monoisotopic (exact) mass is 693 g/mol. The molecule has 0 aromatic rings. The van der Waals surface area contributed by atoms with Crippen LogP contribution in [-0.4, -0.2) is 96.7 Å². The third-order valence-electron chi connectivity index (χ3n) is 12.2. The number of ketones is 1. The van der Waals surface area contributed by atoms with E-state index in [1.807, 2.05) is 76.2 Å². The average molecular weight is 694 g/mol. The van der Waals surface area contributed by atoms with E-state index in [4.69, 9.17) is 28.4 Å². The van der Waals surface area contributed by atoms with Gasteiger partial charge in [0.1, 0.15) is 23.6 Å². The number of ether oxygens (including phenoxy) is 6. The maximum atomic E-state index is 14.2. The van der Waals surface area contributed by atoms with Crippen molar-refractivity contribution in [3.05, 3.63) is 11.3 Å². The van der Waals surface area contributed by atoms with E-state index >= 15 is 0 Å². The molecule has 2 bridgehead atoms. The van der Waals surface area contributed by atoms with E-state index < -0.39 is 83.3 Å². The van der Waals surface area contributed by atoms with Crippen molar-refractivity contribution in [1.82, 2.24) is 4.90 Å². The molecule has 3 fully saturated rings. The molecule has 0 aromatic carbocycles. The van der Waals surface area contributed by atoms with E-state index in [-0.39, 0.29) is 23.8 Å². The van der Waals surface area contributed by atoms with Gasteiger partial charge in [-0.1, -0.05) is 34.6 Å². The minimum absolute atomic E-state index is 0.0241. The summed E-state index contributed by atoms with van der Waals surface area (Å²) in [5, 5.41) is 10.9. The zero-order valence-corrected chi connectivity index (χ0v) is 33.0. The fraction of sp³-hybridized carbons (Fsp3) is 0.897. The number of esters is 1. The number of carbonyl (C=O) groups excluding carboxylic acids is 2. The highest BCUT2D eigenvalue weighted by atomic mass is 16.7. The lowest BCUT2D eigenvalue weighted by molar-refractivity contribution is -0.303. The van der Waals surface area contributed by atoms with Crippen molar-refractivity contribution < 1.29 is 43.1 Å². The molecule has 10 nitrogen and oxygen atoms in total. The van der Waals surface area contributed by atoms with Gasteiger partial charge < -0.3 is 38.4 Å². The van der Waals surface area contributed by atoms with Crippen LogP contribution in [0.1, 0.15) is 116 Å². The SMILES string of the molecule is CC[C@H]1OC(=O)[C@H](C)[C@@H](O[C@H]2CC(C)(C)[C@@H](O)[C@H](C)O2)[C@H](C)[C@@H](O[C@@H]2O[C@H](C)C[C@H](N(C)C)[C@H]2C)[C@]2(C)CC(C)=C(O2)[C@H](C)C(=O)C1(C)C. The highest BCUT2D eigenvalue weighted by molar-refractivity contribution is 5.89. The number of cyclic esters (lactones) is 1. The Morgan fingerprint density at radius 1 is 0.939 bits per heavy atom. The Morgan fingerprint density at radius 2 is 1.57 bits per heavy atom. The second-order valence-corrected chi connectivity index (χ2v) is 17.5. The molecule has 3 saturated heterocycles. The number of carbonyl (C=O) groups is 2. The summed E-state index contributed by atoms with van der Waals surface area (Å²) in [6.07, 6.45) is -2.00. The van der Waals surface area contributed by atoms with E-state index in [0.717, 1.165) is 12.0 Å². The van der Waals surface area contributed by atoms with Crippen molar-refractivity contribution in [2.24, 2.45) is 34.5 Å². The van der Waals surface area contributed by atoms with Gasteiger partial charge in [0.15, 0.2) is 18.4 Å². The Hall–Kier alpha value is -1.56. The lowest BCUT2D eigenvalue weighted by Gasteiger charge is -2.49. The van der Waals surface area contributed by atoms with Crippen molar-refractivity contribution in [1.29, 1.82) is 0 Å². The van der Waals surface area contributed by atoms with Gasteiger partial charge in [-0.05, 0) is 93.3 Å². The summed E-state index contributed by atoms with van der Waals surface area (Å²) < 4.78 is 40.0. The van der Waals surface area contributed by atoms with Crippen LogP contribution in [0.25, 0.3) is 0 Å². The minimum Gasteiger partial charge on any atom is -0.488 e. The minimum atomic E-state index is -0.962. The topological polar surface area (TPSA) is 113 Å². The molecule has 4 aliphatic rings. The summed E-state index contributed by atoms with van der Waals surface area (Å²) in [7, 11) is 4.17. The molecule has 10 heteroatoms. The van der Waals surface area contributed by atoms with Crippen molar-refractivity contribution >= 4 is 11.8 Å². The van der Waals surface area contributed by atoms with Crippen molar-refractivity contribution in [3.8, 4) is 0 Å². The second-order valence-electron chi connectivity index (χ2n) is 17.5. The molecule has 0 unspecified atom stereocenters. The van der Waals surface area contributed by atoms with Crippen LogP contribution < -0.4 is 0 Å². The van der Waals surface area contributed by atoms with E-state index in [9.17, 15) is 14.7 Å². The molecule has 4 aliphatic heterocycles. The van der Waals surface area contributed by atoms with Gasteiger partial charge in [-0.3, -0.25) is 9.59 Å². The van der Waals surface area contributed by atoms with Gasteiger partial charge in [-0.15, -0.1) is 0 Å². The summed E-state index contributed by atoms with van der Waals surface area (Å²) >= 11 is 0. The van der Waals surface area contributed by atoms with Crippen LogP contribution in [0.2, 0.25) is 0 Å². The quantitative estimate of drug-likeness (QED) is 0.320. The largest absolute Gasteiger partial charge is 0.488 e. The summed E-state index contributed by atoms with van der Waals surface area (Å²) in [6, 6.07) is 0.240. The van der Waals surface area contributed by atoms with Gasteiger partial charge in [-0.2, -0.15) is 0 Å². The number of nitrogens with zero attached hydrogens (tertiary/aromatic N) is 1. The molecule has 282 valence electrons. The number of hydrogen-bond acceptors (Lipinski definition) is 10. The fourth-order valence-corrected chi connectivity index (χ4v) is 9.19. The van der Waals surface area contributed by atoms with Crippen molar-refractivity contribution in [2.75, 3.05) is 14.1 Å². The van der Waals surface area contributed by atoms with Gasteiger partial charge >= 0.3 is 5.97 Å². The molecule has 14 atom stereocenters. The van der Waals surface area contributed by atoms with E-state index in [2.05, 4.69) is 32.8 Å². The lowest BCUT2D eigenvalue weighted by atomic mass is 9.75. The predicted molar refractivity (Wildman–Crippen MR) is 187 cm³/mol. The zero-order chi connectivity index (χ0) is 37.0. The van der Waals surface area contributed by atoms with E-state index in [0.29, 0.717) is 25.0 Å². The average Bonchev–Trinajstić information content (AvgIpc) is 3.33. The number of hydrogen-bond donors (Lipinski definition) is 1. The maximum Gasteiger partial charge on any atom is 0.311 e. The fourth-order valence-electron chi connectivity index (χ4n) is 9.19. The predicted octanol–water partition coefficient (Wildman–Crippen LogP) is 6.27. The first-order valence-electron chi connectivity index (χ1n) is 18.6. The maximum absolute atomic E-state index is 14.2. The summed E-state index contributed by atoms with van der Waals surface area (Å²) in [5.74, 6) is -1.48. The number of aliphatic hydroxyl groups excluding tert-OH is 1. The standard InChI is InChI=1S/C39H67NO9/c1-16-28-38(11,12)32(41)23(5)30-20(2)18-39(13,49-30)34(48-36-22(4)27(40(14)15)17-21(3)44-36)24(6)31(25(7)35(43)46-28)47-29-19-37(9,10)33(42)26(8)45-29/h21-29,31,33-34,36,42H,16-19H2,1-15H3/t21-,22-,23+,24+,25-,26+,27+,28-,29+,31+,33+,34-,36+,39+/m1/s1. The zero-order valence-electron chi connectivity index (χ0n) is 33.0. The molecule has 0 spiro atoms. The molecular weight excluding hydrogens is 626 g/mol. The van der Waals surface area contributed by atoms with Crippen LogP contribution in [0.3, 0.4) is 0 Å². The third-order valence-corrected chi connectivity index (χ3v) is 12.2. The molecular formula is C39H67NO9. The molecule has 1 N–H and O–H groups in total. The molecule has 0 aromatic heterocycles. The van der Waals surface area contributed by atoms with Crippen molar-refractivity contribution in [3.63, 3.8) is 0 Å². The first-order chi connectivity index (χ1) is 22.5.